The Balaban J connectivity index is 1.76. The number of nitriles is 1. The molecule has 1 atom stereocenters. The second-order valence-corrected chi connectivity index (χ2v) is 5.85. The van der Waals surface area contributed by atoms with Gasteiger partial charge in [-0.3, -0.25) is 4.79 Å². The van der Waals surface area contributed by atoms with E-state index >= 15 is 0 Å². The summed E-state index contributed by atoms with van der Waals surface area (Å²) < 4.78 is 5.70. The number of fused-ring (bicyclic) bond motifs is 1. The van der Waals surface area contributed by atoms with E-state index in [2.05, 4.69) is 6.07 Å². The van der Waals surface area contributed by atoms with Crippen LogP contribution in [0, 0.1) is 11.3 Å². The van der Waals surface area contributed by atoms with Crippen molar-refractivity contribution in [3.63, 3.8) is 0 Å². The zero-order chi connectivity index (χ0) is 16.4. The summed E-state index contributed by atoms with van der Waals surface area (Å²) in [5, 5.41) is 9.53. The highest BCUT2D eigenvalue weighted by atomic mass is 35.5. The van der Waals surface area contributed by atoms with Crippen LogP contribution in [-0.4, -0.2) is 18.6 Å². The van der Waals surface area contributed by atoms with Crippen LogP contribution in [-0.2, 0) is 11.2 Å². The molecule has 23 heavy (non-hydrogen) atoms. The largest absolute Gasteiger partial charge is 0.481 e. The van der Waals surface area contributed by atoms with E-state index in [4.69, 9.17) is 21.6 Å². The summed E-state index contributed by atoms with van der Waals surface area (Å²) in [6, 6.07) is 14.4. The molecule has 0 saturated carbocycles. The predicted molar refractivity (Wildman–Crippen MR) is 88.8 cm³/mol. The molecule has 0 saturated heterocycles. The van der Waals surface area contributed by atoms with Crippen LogP contribution < -0.4 is 9.64 Å². The van der Waals surface area contributed by atoms with Crippen LogP contribution in [0.4, 0.5) is 5.69 Å². The van der Waals surface area contributed by atoms with Crippen LogP contribution >= 0.6 is 11.6 Å². The van der Waals surface area contributed by atoms with Crippen LogP contribution in [0.2, 0.25) is 5.02 Å². The number of rotatable bonds is 3. The minimum atomic E-state index is -0.645. The standard InChI is InChI=1S/C18H15ClN2O2/c1-12(23-16-4-2-3-13(9-16)11-20)18(22)21-8-7-14-5-6-15(19)10-17(14)21/h2-6,9-10,12H,7-8H2,1H3. The Morgan fingerprint density at radius 3 is 2.96 bits per heavy atom. The summed E-state index contributed by atoms with van der Waals surface area (Å²) in [6.07, 6.45) is 0.170. The highest BCUT2D eigenvalue weighted by molar-refractivity contribution is 6.31. The van der Waals surface area contributed by atoms with Crippen molar-refractivity contribution in [2.75, 3.05) is 11.4 Å². The molecular formula is C18H15ClN2O2. The van der Waals surface area contributed by atoms with E-state index < -0.39 is 6.10 Å². The summed E-state index contributed by atoms with van der Waals surface area (Å²) in [5.41, 5.74) is 2.46. The minimum absolute atomic E-state index is 0.117. The zero-order valence-corrected chi connectivity index (χ0v) is 13.4. The molecule has 0 N–H and O–H groups in total. The van der Waals surface area contributed by atoms with E-state index in [1.54, 1.807) is 36.1 Å². The fourth-order valence-corrected chi connectivity index (χ4v) is 2.86. The SMILES string of the molecule is CC(Oc1cccc(C#N)c1)C(=O)N1CCc2ccc(Cl)cc21. The van der Waals surface area contributed by atoms with Crippen molar-refractivity contribution in [1.29, 1.82) is 5.26 Å². The van der Waals surface area contributed by atoms with Gasteiger partial charge in [-0.15, -0.1) is 0 Å². The smallest absolute Gasteiger partial charge is 0.267 e. The van der Waals surface area contributed by atoms with E-state index in [0.29, 0.717) is 22.9 Å². The van der Waals surface area contributed by atoms with Gasteiger partial charge in [0.2, 0.25) is 0 Å². The molecule has 0 radical (unpaired) electrons. The van der Waals surface area contributed by atoms with Crippen molar-refractivity contribution in [2.24, 2.45) is 0 Å². The molecule has 0 spiro atoms. The lowest BCUT2D eigenvalue weighted by Crippen LogP contribution is -2.39. The number of amides is 1. The molecule has 1 aliphatic rings. The second-order valence-electron chi connectivity index (χ2n) is 5.41. The molecule has 3 rings (SSSR count). The Hall–Kier alpha value is -2.51. The van der Waals surface area contributed by atoms with Crippen LogP contribution in [0.3, 0.4) is 0 Å². The third kappa shape index (κ3) is 3.15. The van der Waals surface area contributed by atoms with Gasteiger partial charge in [0.25, 0.3) is 5.91 Å². The van der Waals surface area contributed by atoms with Crippen molar-refractivity contribution in [2.45, 2.75) is 19.4 Å². The number of halogens is 1. The van der Waals surface area contributed by atoms with Gasteiger partial charge in [0.05, 0.1) is 11.6 Å². The first kappa shape index (κ1) is 15.4. The molecule has 4 nitrogen and oxygen atoms in total. The van der Waals surface area contributed by atoms with Gasteiger partial charge >= 0.3 is 0 Å². The van der Waals surface area contributed by atoms with Gasteiger partial charge in [-0.1, -0.05) is 23.7 Å². The number of anilines is 1. The quantitative estimate of drug-likeness (QED) is 0.866. The average molecular weight is 327 g/mol. The third-order valence-corrected chi connectivity index (χ3v) is 4.07. The molecule has 1 unspecified atom stereocenters. The number of carbonyl (C=O) groups excluding carboxylic acids is 1. The van der Waals surface area contributed by atoms with Crippen LogP contribution in [0.25, 0.3) is 0 Å². The average Bonchev–Trinajstić information content (AvgIpc) is 2.97. The number of nitrogens with zero attached hydrogens (tertiary/aromatic N) is 2. The minimum Gasteiger partial charge on any atom is -0.481 e. The van der Waals surface area contributed by atoms with Crippen molar-refractivity contribution in [3.8, 4) is 11.8 Å². The number of hydrogen-bond donors (Lipinski definition) is 0. The first-order valence-corrected chi connectivity index (χ1v) is 7.73. The van der Waals surface area contributed by atoms with Crippen molar-refractivity contribution >= 4 is 23.2 Å². The molecule has 0 aliphatic carbocycles. The van der Waals surface area contributed by atoms with Gasteiger partial charge in [0.15, 0.2) is 6.10 Å². The Morgan fingerprint density at radius 1 is 1.35 bits per heavy atom. The van der Waals surface area contributed by atoms with Crippen LogP contribution in [0.15, 0.2) is 42.5 Å². The van der Waals surface area contributed by atoms with Crippen molar-refractivity contribution in [3.05, 3.63) is 58.6 Å². The van der Waals surface area contributed by atoms with E-state index in [1.807, 2.05) is 18.2 Å². The molecule has 116 valence electrons. The highest BCUT2D eigenvalue weighted by Gasteiger charge is 2.29. The molecule has 0 bridgehead atoms. The molecule has 0 fully saturated rings. The molecule has 1 amide bonds. The first-order chi connectivity index (χ1) is 11.1. The molecular weight excluding hydrogens is 312 g/mol. The molecule has 0 aromatic heterocycles. The van der Waals surface area contributed by atoms with E-state index in [1.165, 1.54) is 0 Å². The summed E-state index contributed by atoms with van der Waals surface area (Å²) in [5.74, 6) is 0.392. The van der Waals surface area contributed by atoms with E-state index in [9.17, 15) is 4.79 Å². The Labute approximate surface area is 139 Å². The topological polar surface area (TPSA) is 53.3 Å². The summed E-state index contributed by atoms with van der Waals surface area (Å²) in [6.45, 7) is 2.34. The first-order valence-electron chi connectivity index (χ1n) is 7.35. The summed E-state index contributed by atoms with van der Waals surface area (Å²) in [7, 11) is 0. The lowest BCUT2D eigenvalue weighted by molar-refractivity contribution is -0.124. The van der Waals surface area contributed by atoms with Crippen molar-refractivity contribution < 1.29 is 9.53 Å². The van der Waals surface area contributed by atoms with Gasteiger partial charge in [-0.2, -0.15) is 5.26 Å². The maximum absolute atomic E-state index is 12.7. The van der Waals surface area contributed by atoms with Crippen LogP contribution in [0.1, 0.15) is 18.1 Å². The number of hydrogen-bond acceptors (Lipinski definition) is 3. The number of benzene rings is 2. The number of carbonyl (C=O) groups is 1. The normalized spacial score (nSPS) is 14.0. The maximum Gasteiger partial charge on any atom is 0.267 e. The van der Waals surface area contributed by atoms with Gasteiger partial charge in [-0.05, 0) is 49.2 Å². The Morgan fingerprint density at radius 2 is 2.17 bits per heavy atom. The Kier molecular flexibility index (Phi) is 4.22. The third-order valence-electron chi connectivity index (χ3n) is 3.83. The highest BCUT2D eigenvalue weighted by Crippen LogP contribution is 2.31. The summed E-state index contributed by atoms with van der Waals surface area (Å²) in [4.78, 5) is 14.4. The molecule has 2 aromatic carbocycles. The predicted octanol–water partition coefficient (Wildman–Crippen LogP) is 3.57. The zero-order valence-electron chi connectivity index (χ0n) is 12.6. The van der Waals surface area contributed by atoms with Gasteiger partial charge in [0, 0.05) is 17.3 Å². The fourth-order valence-electron chi connectivity index (χ4n) is 2.69. The van der Waals surface area contributed by atoms with Gasteiger partial charge < -0.3 is 9.64 Å². The molecule has 1 aliphatic heterocycles. The lowest BCUT2D eigenvalue weighted by atomic mass is 10.2. The fraction of sp³-hybridized carbons (Fsp3) is 0.222. The molecule has 5 heteroatoms. The Bertz CT molecular complexity index is 798. The maximum atomic E-state index is 12.7. The number of ether oxygens (including phenoxy) is 1. The van der Waals surface area contributed by atoms with Crippen molar-refractivity contribution in [1.82, 2.24) is 0 Å². The van der Waals surface area contributed by atoms with E-state index in [-0.39, 0.29) is 5.91 Å². The van der Waals surface area contributed by atoms with Gasteiger partial charge in [-0.25, -0.2) is 0 Å². The van der Waals surface area contributed by atoms with Crippen LogP contribution in [0.5, 0.6) is 5.75 Å². The molecule has 2 aromatic rings. The lowest BCUT2D eigenvalue weighted by Gasteiger charge is -2.22. The van der Waals surface area contributed by atoms with E-state index in [0.717, 1.165) is 17.7 Å². The van der Waals surface area contributed by atoms with Gasteiger partial charge in [0.1, 0.15) is 5.75 Å². The monoisotopic (exact) mass is 326 g/mol. The summed E-state index contributed by atoms with van der Waals surface area (Å²) >= 11 is 6.04. The second kappa shape index (κ2) is 6.31. The molecule has 1 heterocycles.